The summed E-state index contributed by atoms with van der Waals surface area (Å²) in [5.74, 6) is 0. The van der Waals surface area contributed by atoms with E-state index in [1.54, 1.807) is 18.2 Å². The summed E-state index contributed by atoms with van der Waals surface area (Å²) >= 11 is 11.7. The largest absolute Gasteiger partial charge is 0.386 e. The third-order valence-corrected chi connectivity index (χ3v) is 3.34. The molecule has 2 rings (SSSR count). The summed E-state index contributed by atoms with van der Waals surface area (Å²) in [6, 6.07) is 5.16. The first-order valence-electron chi connectivity index (χ1n) is 4.93. The monoisotopic (exact) mass is 246 g/mol. The van der Waals surface area contributed by atoms with Gasteiger partial charge in [-0.3, -0.25) is 0 Å². The first-order valence-corrected chi connectivity index (χ1v) is 5.68. The quantitative estimate of drug-likeness (QED) is 0.869. The summed E-state index contributed by atoms with van der Waals surface area (Å²) < 4.78 is 5.41. The number of halogens is 2. The molecule has 1 saturated heterocycles. The van der Waals surface area contributed by atoms with Gasteiger partial charge in [-0.25, -0.2) is 0 Å². The highest BCUT2D eigenvalue weighted by Gasteiger charge is 2.25. The van der Waals surface area contributed by atoms with E-state index in [9.17, 15) is 5.11 Å². The first-order chi connectivity index (χ1) is 7.18. The van der Waals surface area contributed by atoms with Crippen LogP contribution in [0.3, 0.4) is 0 Å². The number of hydrogen-bond acceptors (Lipinski definition) is 2. The Bertz CT molecular complexity index is 348. The summed E-state index contributed by atoms with van der Waals surface area (Å²) in [6.45, 7) is 0.725. The third-order valence-electron chi connectivity index (χ3n) is 2.60. The van der Waals surface area contributed by atoms with Gasteiger partial charge >= 0.3 is 0 Å². The molecule has 1 heterocycles. The van der Waals surface area contributed by atoms with E-state index < -0.39 is 6.10 Å². The summed E-state index contributed by atoms with van der Waals surface area (Å²) in [5.41, 5.74) is 0.760. The van der Waals surface area contributed by atoms with Crippen molar-refractivity contribution in [3.05, 3.63) is 33.8 Å². The fourth-order valence-electron chi connectivity index (χ4n) is 1.76. The maximum absolute atomic E-state index is 10.0. The molecular weight excluding hydrogens is 235 g/mol. The van der Waals surface area contributed by atoms with Crippen molar-refractivity contribution in [1.29, 1.82) is 0 Å². The Morgan fingerprint density at radius 3 is 2.73 bits per heavy atom. The molecule has 1 aliphatic heterocycles. The van der Waals surface area contributed by atoms with Gasteiger partial charge in [0.05, 0.1) is 16.1 Å². The molecule has 1 N–H and O–H groups in total. The number of benzene rings is 1. The van der Waals surface area contributed by atoms with Crippen LogP contribution in [0.25, 0.3) is 0 Å². The molecule has 15 heavy (non-hydrogen) atoms. The van der Waals surface area contributed by atoms with Crippen molar-refractivity contribution in [2.24, 2.45) is 0 Å². The molecule has 0 aromatic heterocycles. The van der Waals surface area contributed by atoms with Crippen molar-refractivity contribution in [3.8, 4) is 0 Å². The maximum Gasteiger partial charge on any atom is 0.105 e. The molecule has 1 aliphatic rings. The predicted molar refractivity (Wildman–Crippen MR) is 60.4 cm³/mol. The van der Waals surface area contributed by atoms with E-state index in [0.717, 1.165) is 25.0 Å². The van der Waals surface area contributed by atoms with Crippen LogP contribution in [0.2, 0.25) is 10.0 Å². The van der Waals surface area contributed by atoms with E-state index in [-0.39, 0.29) is 6.10 Å². The van der Waals surface area contributed by atoms with Crippen LogP contribution in [0, 0.1) is 0 Å². The molecule has 2 unspecified atom stereocenters. The van der Waals surface area contributed by atoms with Crippen LogP contribution in [-0.2, 0) is 4.74 Å². The lowest BCUT2D eigenvalue weighted by molar-refractivity contribution is -0.00257. The highest BCUT2D eigenvalue weighted by atomic mass is 35.5. The lowest BCUT2D eigenvalue weighted by Crippen LogP contribution is -2.16. The molecule has 0 bridgehead atoms. The van der Waals surface area contributed by atoms with Gasteiger partial charge in [-0.2, -0.15) is 0 Å². The number of hydrogen-bond donors (Lipinski definition) is 1. The zero-order valence-electron chi connectivity index (χ0n) is 8.12. The van der Waals surface area contributed by atoms with Gasteiger partial charge in [0.15, 0.2) is 0 Å². The first kappa shape index (κ1) is 11.2. The smallest absolute Gasteiger partial charge is 0.105 e. The zero-order valence-corrected chi connectivity index (χ0v) is 9.63. The molecule has 0 radical (unpaired) electrons. The minimum absolute atomic E-state index is 0.109. The normalized spacial score (nSPS) is 23.0. The van der Waals surface area contributed by atoms with Crippen LogP contribution < -0.4 is 0 Å². The molecule has 0 saturated carbocycles. The van der Waals surface area contributed by atoms with Crippen LogP contribution in [-0.4, -0.2) is 17.8 Å². The van der Waals surface area contributed by atoms with Crippen molar-refractivity contribution in [2.45, 2.75) is 25.0 Å². The lowest BCUT2D eigenvalue weighted by Gasteiger charge is -2.18. The van der Waals surface area contributed by atoms with E-state index in [2.05, 4.69) is 0 Å². The summed E-state index contributed by atoms with van der Waals surface area (Å²) in [6.07, 6.45) is 1.18. The molecule has 0 aliphatic carbocycles. The van der Waals surface area contributed by atoms with Crippen molar-refractivity contribution in [3.63, 3.8) is 0 Å². The van der Waals surface area contributed by atoms with Gasteiger partial charge in [0.1, 0.15) is 6.10 Å². The Morgan fingerprint density at radius 1 is 1.33 bits per heavy atom. The van der Waals surface area contributed by atoms with E-state index in [1.807, 2.05) is 0 Å². The van der Waals surface area contributed by atoms with Crippen LogP contribution in [0.1, 0.15) is 24.5 Å². The fourth-order valence-corrected chi connectivity index (χ4v) is 2.07. The van der Waals surface area contributed by atoms with Gasteiger partial charge < -0.3 is 9.84 Å². The van der Waals surface area contributed by atoms with E-state index in [4.69, 9.17) is 27.9 Å². The van der Waals surface area contributed by atoms with Crippen molar-refractivity contribution < 1.29 is 9.84 Å². The zero-order chi connectivity index (χ0) is 10.8. The topological polar surface area (TPSA) is 29.5 Å². The van der Waals surface area contributed by atoms with Crippen molar-refractivity contribution in [2.75, 3.05) is 6.61 Å². The molecule has 2 nitrogen and oxygen atoms in total. The van der Waals surface area contributed by atoms with Crippen LogP contribution in [0.15, 0.2) is 18.2 Å². The summed E-state index contributed by atoms with van der Waals surface area (Å²) in [5, 5.41) is 11.0. The van der Waals surface area contributed by atoms with Gasteiger partial charge in [0, 0.05) is 6.61 Å². The van der Waals surface area contributed by atoms with Gasteiger partial charge in [0.2, 0.25) is 0 Å². The second kappa shape index (κ2) is 4.71. The van der Waals surface area contributed by atoms with Crippen LogP contribution in [0.4, 0.5) is 0 Å². The molecule has 1 fully saturated rings. The standard InChI is InChI=1S/C11H12Cl2O2/c12-8-4-3-7(6-9(8)13)11(14)10-2-1-5-15-10/h3-4,6,10-11,14H,1-2,5H2. The molecular formula is C11H12Cl2O2. The van der Waals surface area contributed by atoms with E-state index in [0.29, 0.717) is 10.0 Å². The van der Waals surface area contributed by atoms with Crippen LogP contribution in [0.5, 0.6) is 0 Å². The van der Waals surface area contributed by atoms with Crippen molar-refractivity contribution in [1.82, 2.24) is 0 Å². The highest BCUT2D eigenvalue weighted by molar-refractivity contribution is 6.42. The minimum atomic E-state index is -0.609. The molecule has 1 aromatic rings. The molecule has 82 valence electrons. The van der Waals surface area contributed by atoms with Gasteiger partial charge in [-0.05, 0) is 30.5 Å². The van der Waals surface area contributed by atoms with Crippen molar-refractivity contribution >= 4 is 23.2 Å². The number of rotatable bonds is 2. The Labute approximate surface area is 98.8 Å². The Morgan fingerprint density at radius 2 is 2.13 bits per heavy atom. The van der Waals surface area contributed by atoms with Gasteiger partial charge in [-0.1, -0.05) is 29.3 Å². The average molecular weight is 247 g/mol. The molecule has 4 heteroatoms. The second-order valence-corrected chi connectivity index (χ2v) is 4.48. The van der Waals surface area contributed by atoms with E-state index in [1.165, 1.54) is 0 Å². The molecule has 1 aromatic carbocycles. The molecule has 0 spiro atoms. The Hall–Kier alpha value is -0.280. The third kappa shape index (κ3) is 2.45. The fraction of sp³-hybridized carbons (Fsp3) is 0.455. The molecule has 2 atom stereocenters. The van der Waals surface area contributed by atoms with Gasteiger partial charge in [0.25, 0.3) is 0 Å². The number of ether oxygens (including phenoxy) is 1. The minimum Gasteiger partial charge on any atom is -0.386 e. The average Bonchev–Trinajstić information content (AvgIpc) is 2.74. The second-order valence-electron chi connectivity index (χ2n) is 3.67. The number of aliphatic hydroxyl groups is 1. The Balaban J connectivity index is 2.17. The SMILES string of the molecule is OC(c1ccc(Cl)c(Cl)c1)C1CCCO1. The van der Waals surface area contributed by atoms with Crippen LogP contribution >= 0.6 is 23.2 Å². The Kier molecular flexibility index (Phi) is 3.52. The summed E-state index contributed by atoms with van der Waals surface area (Å²) in [7, 11) is 0. The lowest BCUT2D eigenvalue weighted by atomic mass is 10.0. The highest BCUT2D eigenvalue weighted by Crippen LogP contribution is 2.30. The molecule has 0 amide bonds. The van der Waals surface area contributed by atoms with E-state index >= 15 is 0 Å². The maximum atomic E-state index is 10.0. The predicted octanol–water partition coefficient (Wildman–Crippen LogP) is 3.21. The number of aliphatic hydroxyl groups excluding tert-OH is 1. The summed E-state index contributed by atoms with van der Waals surface area (Å²) in [4.78, 5) is 0. The van der Waals surface area contributed by atoms with Gasteiger partial charge in [-0.15, -0.1) is 0 Å².